The van der Waals surface area contributed by atoms with Gasteiger partial charge >= 0.3 is 0 Å². The zero-order chi connectivity index (χ0) is 24.6. The van der Waals surface area contributed by atoms with Crippen molar-refractivity contribution in [2.75, 3.05) is 0 Å². The van der Waals surface area contributed by atoms with Crippen molar-refractivity contribution in [3.8, 4) is 0 Å². The molecule has 0 aliphatic heterocycles. The fraction of sp³-hybridized carbons (Fsp3) is 0.500. The summed E-state index contributed by atoms with van der Waals surface area (Å²) in [5, 5.41) is 1.09. The molecule has 2 fully saturated rings. The summed E-state index contributed by atoms with van der Waals surface area (Å²) in [6.45, 7) is 9.90. The first-order chi connectivity index (χ1) is 17.5. The average molecular weight is 670 g/mol. The predicted octanol–water partition coefficient (Wildman–Crippen LogP) is 8.17. The molecule has 0 saturated heterocycles. The second-order valence-corrected chi connectivity index (χ2v) is 12.0. The maximum atomic E-state index is 5.65. The van der Waals surface area contributed by atoms with Crippen molar-refractivity contribution in [3.05, 3.63) is 59.9 Å². The van der Waals surface area contributed by atoms with Crippen molar-refractivity contribution in [2.24, 2.45) is 23.7 Å². The van der Waals surface area contributed by atoms with E-state index in [-0.39, 0.29) is 20.1 Å². The SMILES string of the molecule is CC1CCCC(C)C1c1nc2n(c1C1C(C)CCCC1C)c1ccc[c-]c1c1nc3ccccc3n12.[Ir]. The third-order valence-electron chi connectivity index (χ3n) is 9.70. The van der Waals surface area contributed by atoms with Gasteiger partial charge in [0.1, 0.15) is 0 Å². The molecule has 2 aliphatic rings. The number of nitrogens with zero attached hydrogens (tertiary/aromatic N) is 4. The molecule has 5 aromatic rings. The Balaban J connectivity index is 0.00000252. The first-order valence-corrected chi connectivity index (χ1v) is 14.2. The maximum absolute atomic E-state index is 5.65. The molecule has 3 aromatic heterocycles. The minimum atomic E-state index is 0. The minimum absolute atomic E-state index is 0. The monoisotopic (exact) mass is 670 g/mol. The Morgan fingerprint density at radius 1 is 0.730 bits per heavy atom. The topological polar surface area (TPSA) is 34.6 Å². The van der Waals surface area contributed by atoms with Crippen LogP contribution in [0.15, 0.2) is 42.5 Å². The molecule has 5 heteroatoms. The summed E-state index contributed by atoms with van der Waals surface area (Å²) in [4.78, 5) is 10.7. The van der Waals surface area contributed by atoms with Gasteiger partial charge in [0.2, 0.25) is 5.78 Å². The first-order valence-electron chi connectivity index (χ1n) is 14.2. The second-order valence-electron chi connectivity index (χ2n) is 12.0. The predicted molar refractivity (Wildman–Crippen MR) is 148 cm³/mol. The fourth-order valence-electron chi connectivity index (χ4n) is 8.02. The van der Waals surface area contributed by atoms with E-state index < -0.39 is 0 Å². The quantitative estimate of drug-likeness (QED) is 0.178. The van der Waals surface area contributed by atoms with E-state index >= 15 is 0 Å². The van der Waals surface area contributed by atoms with E-state index in [4.69, 9.17) is 9.97 Å². The number of hydrogen-bond donors (Lipinski definition) is 0. The van der Waals surface area contributed by atoms with Crippen LogP contribution in [0.3, 0.4) is 0 Å². The number of aromatic nitrogens is 4. The molecule has 4 unspecified atom stereocenters. The molecule has 2 aliphatic carbocycles. The molecule has 7 rings (SSSR count). The van der Waals surface area contributed by atoms with Gasteiger partial charge < -0.3 is 8.80 Å². The van der Waals surface area contributed by atoms with E-state index in [1.807, 2.05) is 6.07 Å². The Morgan fingerprint density at radius 3 is 2.05 bits per heavy atom. The van der Waals surface area contributed by atoms with Crippen LogP contribution in [0.2, 0.25) is 0 Å². The van der Waals surface area contributed by atoms with Gasteiger partial charge in [-0.15, -0.1) is 24.3 Å². The summed E-state index contributed by atoms with van der Waals surface area (Å²) in [5.74, 6) is 4.66. The van der Waals surface area contributed by atoms with Crippen LogP contribution in [0.5, 0.6) is 0 Å². The zero-order valence-corrected chi connectivity index (χ0v) is 24.8. The number of fused-ring (bicyclic) bond motifs is 8. The fourth-order valence-corrected chi connectivity index (χ4v) is 8.02. The van der Waals surface area contributed by atoms with Gasteiger partial charge in [0.25, 0.3) is 0 Å². The molecule has 1 radical (unpaired) electrons. The largest absolute Gasteiger partial charge is 0.324 e. The Labute approximate surface area is 233 Å². The van der Waals surface area contributed by atoms with Gasteiger partial charge in [-0.3, -0.25) is 4.98 Å². The van der Waals surface area contributed by atoms with Crippen molar-refractivity contribution in [1.82, 2.24) is 18.8 Å². The van der Waals surface area contributed by atoms with Gasteiger partial charge in [-0.1, -0.05) is 83.7 Å². The standard InChI is InChI=1S/C32H37N4.Ir/c1-19-11-9-12-20(2)27(19)29-30(28-21(3)13-10-14-22(28)4)35-25-17-7-5-15-23(25)31-33-24-16-6-8-18-26(24)36(31)32(35)34-29;/h5-8,16-22,27-28H,9-14H2,1-4H3;/q-1;. The molecular formula is C32H37IrN4-. The summed E-state index contributed by atoms with van der Waals surface area (Å²) in [5.41, 5.74) is 7.18. The molecule has 0 N–H and O–H groups in total. The molecule has 4 nitrogen and oxygen atoms in total. The van der Waals surface area contributed by atoms with Crippen LogP contribution < -0.4 is 0 Å². The van der Waals surface area contributed by atoms with Gasteiger partial charge in [-0.2, -0.15) is 0 Å². The van der Waals surface area contributed by atoms with Crippen molar-refractivity contribution >= 4 is 33.4 Å². The third kappa shape index (κ3) is 3.72. The van der Waals surface area contributed by atoms with Gasteiger partial charge in [0.15, 0.2) is 0 Å². The smallest absolute Gasteiger partial charge is 0.203 e. The van der Waals surface area contributed by atoms with Crippen molar-refractivity contribution in [2.45, 2.75) is 78.1 Å². The zero-order valence-electron chi connectivity index (χ0n) is 22.4. The molecule has 0 amide bonds. The van der Waals surface area contributed by atoms with Crippen molar-refractivity contribution in [3.63, 3.8) is 0 Å². The van der Waals surface area contributed by atoms with E-state index in [0.29, 0.717) is 35.5 Å². The Morgan fingerprint density at radius 2 is 1.35 bits per heavy atom. The molecule has 0 bridgehead atoms. The van der Waals surface area contributed by atoms with Crippen LogP contribution in [0, 0.1) is 29.7 Å². The van der Waals surface area contributed by atoms with Crippen LogP contribution >= 0.6 is 0 Å². The van der Waals surface area contributed by atoms with Gasteiger partial charge in [0.05, 0.1) is 22.4 Å². The summed E-state index contributed by atoms with van der Waals surface area (Å²) in [6.07, 6.45) is 7.89. The van der Waals surface area contributed by atoms with Crippen LogP contribution in [-0.4, -0.2) is 18.8 Å². The van der Waals surface area contributed by atoms with E-state index in [1.54, 1.807) is 0 Å². The van der Waals surface area contributed by atoms with E-state index in [9.17, 15) is 0 Å². The van der Waals surface area contributed by atoms with Crippen LogP contribution in [0.4, 0.5) is 0 Å². The van der Waals surface area contributed by atoms with Crippen LogP contribution in [0.25, 0.3) is 33.4 Å². The minimum Gasteiger partial charge on any atom is -0.324 e. The van der Waals surface area contributed by atoms with Gasteiger partial charge in [-0.05, 0) is 41.3 Å². The van der Waals surface area contributed by atoms with E-state index in [0.717, 1.165) is 27.8 Å². The van der Waals surface area contributed by atoms with E-state index in [2.05, 4.69) is 79.0 Å². The normalized spacial score (nSPS) is 28.8. The molecule has 3 heterocycles. The van der Waals surface area contributed by atoms with Crippen LogP contribution in [0.1, 0.15) is 89.4 Å². The molecule has 2 aromatic carbocycles. The number of rotatable bonds is 2. The molecular weight excluding hydrogens is 633 g/mol. The molecule has 37 heavy (non-hydrogen) atoms. The summed E-state index contributed by atoms with van der Waals surface area (Å²) >= 11 is 0. The molecule has 2 saturated carbocycles. The van der Waals surface area contributed by atoms with Gasteiger partial charge in [-0.25, -0.2) is 4.98 Å². The number of benzene rings is 2. The third-order valence-corrected chi connectivity index (χ3v) is 9.70. The van der Waals surface area contributed by atoms with Crippen molar-refractivity contribution in [1.29, 1.82) is 0 Å². The maximum Gasteiger partial charge on any atom is 0.203 e. The number of hydrogen-bond acceptors (Lipinski definition) is 2. The average Bonchev–Trinajstić information content (AvgIpc) is 3.44. The molecule has 0 spiro atoms. The number of para-hydroxylation sites is 2. The molecule has 4 atom stereocenters. The Kier molecular flexibility index (Phi) is 6.44. The van der Waals surface area contributed by atoms with E-state index in [1.165, 1.54) is 55.4 Å². The van der Waals surface area contributed by atoms with Crippen molar-refractivity contribution < 1.29 is 20.1 Å². The summed E-state index contributed by atoms with van der Waals surface area (Å²) < 4.78 is 4.86. The number of imidazole rings is 2. The first kappa shape index (κ1) is 25.1. The second kappa shape index (κ2) is 9.50. The van der Waals surface area contributed by atoms with Gasteiger partial charge in [0, 0.05) is 37.6 Å². The Hall–Kier alpha value is -2.23. The summed E-state index contributed by atoms with van der Waals surface area (Å²) in [6, 6.07) is 18.5. The Bertz CT molecular complexity index is 1580. The van der Waals surface area contributed by atoms with Crippen LogP contribution in [-0.2, 0) is 20.1 Å². The summed E-state index contributed by atoms with van der Waals surface area (Å²) in [7, 11) is 0. The molecule has 195 valence electrons.